The lowest BCUT2D eigenvalue weighted by Crippen LogP contribution is -2.07. The second-order valence-corrected chi connectivity index (χ2v) is 7.23. The Morgan fingerprint density at radius 2 is 1.52 bits per heavy atom. The van der Waals surface area contributed by atoms with Crippen molar-refractivity contribution in [2.75, 3.05) is 6.61 Å². The number of rotatable bonds is 7. The topological polar surface area (TPSA) is 69.4 Å². The van der Waals surface area contributed by atoms with Gasteiger partial charge in [-0.1, -0.05) is 66.7 Å². The molecule has 0 aliphatic rings. The molecule has 0 fully saturated rings. The second kappa shape index (κ2) is 9.22. The van der Waals surface area contributed by atoms with Crippen LogP contribution in [-0.2, 0) is 4.74 Å². The van der Waals surface area contributed by atoms with Gasteiger partial charge in [-0.3, -0.25) is 10.1 Å². The molecule has 0 aliphatic carbocycles. The third-order valence-electron chi connectivity index (χ3n) is 5.18. The third kappa shape index (κ3) is 4.61. The third-order valence-corrected chi connectivity index (χ3v) is 5.18. The molecule has 0 bridgehead atoms. The summed E-state index contributed by atoms with van der Waals surface area (Å²) in [7, 11) is 0. The Bertz CT molecular complexity index is 1280. The van der Waals surface area contributed by atoms with Gasteiger partial charge in [0, 0.05) is 12.5 Å². The standard InChI is InChI=1S/C26H21NO4/c28-26(19-9-2-1-3-10-19)31-16-8-12-22(27(29)30)18-21-17-20-11-4-5-13-23(20)25-15-7-6-14-24(21)25/h1-7,9-11,13-15,17-18H,8,12,16H2/b22-18+. The first kappa shape index (κ1) is 20.3. The minimum atomic E-state index is -0.423. The maximum absolute atomic E-state index is 12.0. The molecule has 0 spiro atoms. The van der Waals surface area contributed by atoms with Gasteiger partial charge in [0.15, 0.2) is 0 Å². The zero-order valence-electron chi connectivity index (χ0n) is 16.9. The van der Waals surface area contributed by atoms with E-state index in [0.29, 0.717) is 12.0 Å². The summed E-state index contributed by atoms with van der Waals surface area (Å²) >= 11 is 0. The van der Waals surface area contributed by atoms with Gasteiger partial charge >= 0.3 is 5.97 Å². The molecular formula is C26H21NO4. The van der Waals surface area contributed by atoms with Crippen LogP contribution in [0.4, 0.5) is 0 Å². The van der Waals surface area contributed by atoms with E-state index in [1.54, 1.807) is 30.3 Å². The first-order valence-electron chi connectivity index (χ1n) is 10.1. The van der Waals surface area contributed by atoms with Gasteiger partial charge in [0.1, 0.15) is 0 Å². The number of fused-ring (bicyclic) bond motifs is 3. The number of nitrogens with zero attached hydrogens (tertiary/aromatic N) is 1. The fourth-order valence-electron chi connectivity index (χ4n) is 3.67. The molecule has 0 radical (unpaired) electrons. The average molecular weight is 411 g/mol. The molecule has 5 heteroatoms. The summed E-state index contributed by atoms with van der Waals surface area (Å²) < 4.78 is 5.25. The summed E-state index contributed by atoms with van der Waals surface area (Å²) in [6.45, 7) is 0.122. The summed E-state index contributed by atoms with van der Waals surface area (Å²) in [5.74, 6) is -0.423. The first-order valence-corrected chi connectivity index (χ1v) is 10.1. The van der Waals surface area contributed by atoms with Crippen molar-refractivity contribution in [2.45, 2.75) is 12.8 Å². The molecular weight excluding hydrogens is 390 g/mol. The molecule has 0 N–H and O–H groups in total. The predicted octanol–water partition coefficient (Wildman–Crippen LogP) is 6.25. The minimum Gasteiger partial charge on any atom is -0.462 e. The van der Waals surface area contributed by atoms with Crippen LogP contribution in [0.1, 0.15) is 28.8 Å². The number of ether oxygens (including phenoxy) is 1. The highest BCUT2D eigenvalue weighted by Crippen LogP contribution is 2.30. The van der Waals surface area contributed by atoms with Gasteiger partial charge in [0.05, 0.1) is 17.1 Å². The van der Waals surface area contributed by atoms with Crippen LogP contribution in [0.5, 0.6) is 0 Å². The van der Waals surface area contributed by atoms with Crippen molar-refractivity contribution in [3.8, 4) is 0 Å². The van der Waals surface area contributed by atoms with Crippen LogP contribution in [0.3, 0.4) is 0 Å². The number of esters is 1. The van der Waals surface area contributed by atoms with Crippen LogP contribution in [0.2, 0.25) is 0 Å². The van der Waals surface area contributed by atoms with Crippen molar-refractivity contribution < 1.29 is 14.5 Å². The second-order valence-electron chi connectivity index (χ2n) is 7.23. The van der Waals surface area contributed by atoms with E-state index in [9.17, 15) is 14.9 Å². The minimum absolute atomic E-state index is 0.0937. The summed E-state index contributed by atoms with van der Waals surface area (Å²) in [6, 6.07) is 26.6. The Kier molecular flexibility index (Phi) is 6.03. The van der Waals surface area contributed by atoms with Gasteiger partial charge in [0.2, 0.25) is 5.70 Å². The van der Waals surface area contributed by atoms with Crippen molar-refractivity contribution in [1.29, 1.82) is 0 Å². The van der Waals surface area contributed by atoms with Crippen LogP contribution in [0, 0.1) is 10.1 Å². The molecule has 31 heavy (non-hydrogen) atoms. The number of hydrogen-bond acceptors (Lipinski definition) is 4. The molecule has 0 aliphatic heterocycles. The van der Waals surface area contributed by atoms with Crippen molar-refractivity contribution in [3.05, 3.63) is 112 Å². The molecule has 5 nitrogen and oxygen atoms in total. The molecule has 4 rings (SSSR count). The highest BCUT2D eigenvalue weighted by atomic mass is 16.6. The van der Waals surface area contributed by atoms with Crippen molar-refractivity contribution in [3.63, 3.8) is 0 Å². The van der Waals surface area contributed by atoms with E-state index < -0.39 is 5.97 Å². The summed E-state index contributed by atoms with van der Waals surface area (Å²) in [4.78, 5) is 23.3. The van der Waals surface area contributed by atoms with Crippen LogP contribution >= 0.6 is 0 Å². The van der Waals surface area contributed by atoms with E-state index in [-0.39, 0.29) is 23.6 Å². The van der Waals surface area contributed by atoms with Gasteiger partial charge in [-0.05, 0) is 51.7 Å². The fraction of sp³-hybridized carbons (Fsp3) is 0.115. The van der Waals surface area contributed by atoms with E-state index in [1.807, 2.05) is 54.6 Å². The van der Waals surface area contributed by atoms with E-state index in [4.69, 9.17) is 4.74 Å². The van der Waals surface area contributed by atoms with Crippen molar-refractivity contribution in [1.82, 2.24) is 0 Å². The molecule has 0 aromatic heterocycles. The van der Waals surface area contributed by atoms with E-state index in [0.717, 1.165) is 27.1 Å². The summed E-state index contributed by atoms with van der Waals surface area (Å²) in [5.41, 5.74) is 1.37. The van der Waals surface area contributed by atoms with Crippen LogP contribution in [0.25, 0.3) is 27.6 Å². The molecule has 154 valence electrons. The monoisotopic (exact) mass is 411 g/mol. The Balaban J connectivity index is 1.54. The zero-order valence-corrected chi connectivity index (χ0v) is 16.9. The lowest BCUT2D eigenvalue weighted by molar-refractivity contribution is -0.426. The first-order chi connectivity index (χ1) is 15.1. The SMILES string of the molecule is O=C(OCCC/C(=C\c1cc2ccccc2c2ccccc12)[N+](=O)[O-])c1ccccc1. The molecule has 4 aromatic carbocycles. The molecule has 0 atom stereocenters. The number of nitro groups is 1. The Labute approximate surface area is 179 Å². The van der Waals surface area contributed by atoms with E-state index in [1.165, 1.54) is 0 Å². The van der Waals surface area contributed by atoms with E-state index >= 15 is 0 Å². The number of allylic oxidation sites excluding steroid dienone is 1. The van der Waals surface area contributed by atoms with Gasteiger partial charge in [-0.15, -0.1) is 0 Å². The quantitative estimate of drug-likeness (QED) is 0.119. The Morgan fingerprint density at radius 1 is 0.871 bits per heavy atom. The van der Waals surface area contributed by atoms with Crippen molar-refractivity contribution >= 4 is 33.6 Å². The highest BCUT2D eigenvalue weighted by molar-refractivity contribution is 6.10. The number of carbonyl (C=O) groups excluding carboxylic acids is 1. The molecule has 4 aromatic rings. The van der Waals surface area contributed by atoms with Crippen LogP contribution in [-0.4, -0.2) is 17.5 Å². The molecule has 0 heterocycles. The maximum Gasteiger partial charge on any atom is 0.338 e. The fourth-order valence-corrected chi connectivity index (χ4v) is 3.67. The van der Waals surface area contributed by atoms with Gasteiger partial charge in [0.25, 0.3) is 0 Å². The lowest BCUT2D eigenvalue weighted by atomic mass is 9.96. The smallest absolute Gasteiger partial charge is 0.338 e. The average Bonchev–Trinajstić information content (AvgIpc) is 2.81. The lowest BCUT2D eigenvalue weighted by Gasteiger charge is -2.08. The zero-order chi connectivity index (χ0) is 21.6. The maximum atomic E-state index is 12.0. The van der Waals surface area contributed by atoms with Crippen molar-refractivity contribution in [2.24, 2.45) is 0 Å². The van der Waals surface area contributed by atoms with Gasteiger partial charge in [-0.2, -0.15) is 0 Å². The van der Waals surface area contributed by atoms with E-state index in [2.05, 4.69) is 6.07 Å². The molecule has 0 amide bonds. The Morgan fingerprint density at radius 3 is 2.26 bits per heavy atom. The largest absolute Gasteiger partial charge is 0.462 e. The number of benzene rings is 4. The number of carbonyl (C=O) groups is 1. The van der Waals surface area contributed by atoms with Gasteiger partial charge < -0.3 is 4.74 Å². The Hall–Kier alpha value is -3.99. The normalized spacial score (nSPS) is 11.5. The predicted molar refractivity (Wildman–Crippen MR) is 122 cm³/mol. The summed E-state index contributed by atoms with van der Waals surface area (Å²) in [6.07, 6.45) is 2.21. The van der Waals surface area contributed by atoms with Gasteiger partial charge in [-0.25, -0.2) is 4.79 Å². The highest BCUT2D eigenvalue weighted by Gasteiger charge is 2.14. The molecule has 0 saturated carbocycles. The summed E-state index contributed by atoms with van der Waals surface area (Å²) in [5, 5.41) is 15.9. The van der Waals surface area contributed by atoms with Crippen LogP contribution in [0.15, 0.2) is 90.6 Å². The van der Waals surface area contributed by atoms with Crippen LogP contribution < -0.4 is 0 Å². The number of hydrogen-bond donors (Lipinski definition) is 0. The molecule has 0 unspecified atom stereocenters. The molecule has 0 saturated heterocycles.